The van der Waals surface area contributed by atoms with E-state index in [1.807, 2.05) is 47.2 Å². The third-order valence-corrected chi connectivity index (χ3v) is 4.66. The monoisotopic (exact) mass is 412 g/mol. The molecule has 0 aliphatic heterocycles. The van der Waals surface area contributed by atoms with Crippen LogP contribution in [0.5, 0.6) is 0 Å². The largest absolute Gasteiger partial charge is 0.376 e. The third-order valence-electron chi connectivity index (χ3n) is 4.66. The molecule has 0 saturated carbocycles. The fourth-order valence-electron chi connectivity index (χ4n) is 3.16. The van der Waals surface area contributed by atoms with E-state index in [-0.39, 0.29) is 6.54 Å². The van der Waals surface area contributed by atoms with E-state index >= 15 is 0 Å². The fraction of sp³-hybridized carbons (Fsp3) is 0.0909. The average molecular weight is 412 g/mol. The molecule has 0 spiro atoms. The molecule has 0 fully saturated rings. The van der Waals surface area contributed by atoms with E-state index in [0.29, 0.717) is 12.1 Å². The zero-order valence-electron chi connectivity index (χ0n) is 15.6. The first-order valence-corrected chi connectivity index (χ1v) is 9.09. The van der Waals surface area contributed by atoms with Gasteiger partial charge in [0, 0.05) is 25.5 Å². The van der Waals surface area contributed by atoms with Crippen LogP contribution in [0.2, 0.25) is 0 Å². The minimum Gasteiger partial charge on any atom is -0.376 e. The highest BCUT2D eigenvalue weighted by Gasteiger charge is 2.20. The first-order valence-electron chi connectivity index (χ1n) is 9.09. The molecule has 2 heterocycles. The molecule has 4 rings (SSSR count). The molecule has 4 nitrogen and oxygen atoms in total. The molecule has 0 amide bonds. The second-order valence-electron chi connectivity index (χ2n) is 6.64. The van der Waals surface area contributed by atoms with E-state index in [4.69, 9.17) is 0 Å². The zero-order valence-corrected chi connectivity index (χ0v) is 15.6. The Morgan fingerprint density at radius 2 is 1.57 bits per heavy atom. The maximum Gasteiger partial charge on any atom is 0.253 e. The number of pyridine rings is 1. The number of nitrogens with one attached hydrogen (secondary N) is 1. The van der Waals surface area contributed by atoms with Crippen LogP contribution in [0.25, 0.3) is 11.1 Å². The summed E-state index contributed by atoms with van der Waals surface area (Å²) < 4.78 is 56.3. The molecule has 2 aromatic heterocycles. The molecule has 152 valence electrons. The Balaban J connectivity index is 1.56. The highest BCUT2D eigenvalue weighted by atomic mass is 19.2. The van der Waals surface area contributed by atoms with Crippen LogP contribution in [0.15, 0.2) is 67.3 Å². The number of rotatable bonds is 6. The lowest BCUT2D eigenvalue weighted by Crippen LogP contribution is -2.10. The first-order chi connectivity index (χ1) is 14.5. The van der Waals surface area contributed by atoms with Crippen LogP contribution in [0.4, 0.5) is 23.2 Å². The van der Waals surface area contributed by atoms with Gasteiger partial charge in [-0.25, -0.2) is 4.98 Å². The maximum absolute atomic E-state index is 13.9. The van der Waals surface area contributed by atoms with Crippen LogP contribution in [0, 0.1) is 23.5 Å². The lowest BCUT2D eigenvalue weighted by molar-refractivity contribution is 0.410. The number of hydrogen-bond acceptors (Lipinski definition) is 3. The van der Waals surface area contributed by atoms with Crippen molar-refractivity contribution in [1.29, 1.82) is 0 Å². The third kappa shape index (κ3) is 4.03. The van der Waals surface area contributed by atoms with E-state index in [1.165, 1.54) is 0 Å². The molecule has 0 radical (unpaired) electrons. The van der Waals surface area contributed by atoms with Crippen molar-refractivity contribution in [3.05, 3.63) is 102 Å². The highest BCUT2D eigenvalue weighted by Crippen LogP contribution is 2.27. The summed E-state index contributed by atoms with van der Waals surface area (Å²) in [5, 5.41) is 2.45. The minimum absolute atomic E-state index is 0.0380. The molecule has 0 saturated heterocycles. The van der Waals surface area contributed by atoms with Crippen molar-refractivity contribution in [1.82, 2.24) is 14.5 Å². The zero-order chi connectivity index (χ0) is 21.1. The van der Waals surface area contributed by atoms with Gasteiger partial charge in [-0.2, -0.15) is 22.5 Å². The molecule has 8 heteroatoms. The molecule has 0 aliphatic carbocycles. The van der Waals surface area contributed by atoms with Gasteiger partial charge in [0.15, 0.2) is 0 Å². The Kier molecular flexibility index (Phi) is 5.47. The van der Waals surface area contributed by atoms with E-state index in [9.17, 15) is 17.6 Å². The number of imidazole rings is 1. The number of nitrogens with zero attached hydrogens (tertiary/aromatic N) is 3. The molecular weight excluding hydrogens is 396 g/mol. The van der Waals surface area contributed by atoms with Gasteiger partial charge in [0.05, 0.1) is 6.33 Å². The van der Waals surface area contributed by atoms with Gasteiger partial charge < -0.3 is 9.88 Å². The lowest BCUT2D eigenvalue weighted by atomic mass is 9.98. The molecule has 0 unspecified atom stereocenters. The van der Waals surface area contributed by atoms with Gasteiger partial charge in [-0.1, -0.05) is 48.5 Å². The SMILES string of the molecule is Fc1nc(F)c(F)c(NCc2ccccc2-c2ccc(Cn3ccnc3)cc2)c1F. The van der Waals surface area contributed by atoms with Crippen LogP contribution < -0.4 is 5.32 Å². The van der Waals surface area contributed by atoms with Crippen LogP contribution in [0.1, 0.15) is 11.1 Å². The van der Waals surface area contributed by atoms with Gasteiger partial charge in [0.25, 0.3) is 11.9 Å². The molecule has 1 N–H and O–H groups in total. The number of hydrogen-bond donors (Lipinski definition) is 1. The molecule has 2 aromatic carbocycles. The molecule has 0 bridgehead atoms. The van der Waals surface area contributed by atoms with E-state index in [0.717, 1.165) is 16.7 Å². The van der Waals surface area contributed by atoms with Crippen LogP contribution in [-0.2, 0) is 13.1 Å². The van der Waals surface area contributed by atoms with Gasteiger partial charge in [-0.15, -0.1) is 0 Å². The van der Waals surface area contributed by atoms with Crippen molar-refractivity contribution >= 4 is 5.69 Å². The van der Waals surface area contributed by atoms with Crippen molar-refractivity contribution in [2.24, 2.45) is 0 Å². The predicted molar refractivity (Wildman–Crippen MR) is 105 cm³/mol. The number of benzene rings is 2. The number of aromatic nitrogens is 3. The molecular formula is C22H16F4N4. The molecule has 4 aromatic rings. The van der Waals surface area contributed by atoms with Crippen molar-refractivity contribution in [3.8, 4) is 11.1 Å². The predicted octanol–water partition coefficient (Wildman–Crippen LogP) is 5.16. The summed E-state index contributed by atoms with van der Waals surface area (Å²) in [5.74, 6) is -6.51. The first kappa shape index (κ1) is 19.6. The summed E-state index contributed by atoms with van der Waals surface area (Å²) in [7, 11) is 0. The second-order valence-corrected chi connectivity index (χ2v) is 6.64. The van der Waals surface area contributed by atoms with E-state index < -0.39 is 29.2 Å². The summed E-state index contributed by atoms with van der Waals surface area (Å²) >= 11 is 0. The van der Waals surface area contributed by atoms with Crippen molar-refractivity contribution < 1.29 is 17.6 Å². The van der Waals surface area contributed by atoms with Gasteiger partial charge in [0.2, 0.25) is 11.6 Å². The van der Waals surface area contributed by atoms with Gasteiger partial charge in [-0.05, 0) is 22.3 Å². The lowest BCUT2D eigenvalue weighted by Gasteiger charge is -2.13. The Morgan fingerprint density at radius 1 is 0.867 bits per heavy atom. The van der Waals surface area contributed by atoms with Gasteiger partial charge in [0.1, 0.15) is 5.69 Å². The highest BCUT2D eigenvalue weighted by molar-refractivity contribution is 5.68. The van der Waals surface area contributed by atoms with Gasteiger partial charge in [-0.3, -0.25) is 0 Å². The number of anilines is 1. The quantitative estimate of drug-likeness (QED) is 0.351. The molecule has 0 aliphatic rings. The summed E-state index contributed by atoms with van der Waals surface area (Å²) in [4.78, 5) is 6.57. The Bertz CT molecular complexity index is 1130. The van der Waals surface area contributed by atoms with Gasteiger partial charge >= 0.3 is 0 Å². The van der Waals surface area contributed by atoms with Crippen LogP contribution in [-0.4, -0.2) is 14.5 Å². The Hall–Kier alpha value is -3.68. The van der Waals surface area contributed by atoms with Crippen molar-refractivity contribution in [2.45, 2.75) is 13.1 Å². The average Bonchev–Trinajstić information content (AvgIpc) is 3.26. The fourth-order valence-corrected chi connectivity index (χ4v) is 3.16. The maximum atomic E-state index is 13.9. The van der Waals surface area contributed by atoms with E-state index in [2.05, 4.69) is 15.3 Å². The normalized spacial score (nSPS) is 10.9. The Labute approximate surface area is 169 Å². The van der Waals surface area contributed by atoms with Crippen molar-refractivity contribution in [2.75, 3.05) is 5.32 Å². The number of halogens is 4. The standard InChI is InChI=1S/C22H16F4N4/c23-18-20(19(24)22(26)29-21(18)25)28-11-16-3-1-2-4-17(16)15-7-5-14(6-8-15)12-30-10-9-27-13-30/h1-10,13H,11-12H2,(H,28,29). The Morgan fingerprint density at radius 3 is 2.23 bits per heavy atom. The smallest absolute Gasteiger partial charge is 0.253 e. The van der Waals surface area contributed by atoms with E-state index in [1.54, 1.807) is 24.7 Å². The second kappa shape index (κ2) is 8.36. The summed E-state index contributed by atoms with van der Waals surface area (Å²) in [6.45, 7) is 0.644. The van der Waals surface area contributed by atoms with Crippen LogP contribution >= 0.6 is 0 Å². The molecule has 30 heavy (non-hydrogen) atoms. The summed E-state index contributed by atoms with van der Waals surface area (Å²) in [6.07, 6.45) is 5.32. The van der Waals surface area contributed by atoms with Crippen molar-refractivity contribution in [3.63, 3.8) is 0 Å². The topological polar surface area (TPSA) is 42.7 Å². The van der Waals surface area contributed by atoms with Crippen LogP contribution in [0.3, 0.4) is 0 Å². The summed E-state index contributed by atoms with van der Waals surface area (Å²) in [5.41, 5.74) is 2.63. The minimum atomic E-state index is -1.70. The summed E-state index contributed by atoms with van der Waals surface area (Å²) in [6, 6.07) is 15.1. The molecule has 0 atom stereocenters.